The molecule has 4 heteroatoms. The number of rotatable bonds is 4. The Labute approximate surface area is 78.6 Å². The quantitative estimate of drug-likeness (QED) is 0.727. The largest absolute Gasteiger partial charge is 0.396 e. The van der Waals surface area contributed by atoms with Gasteiger partial charge in [-0.15, -0.1) is 0 Å². The molecule has 0 spiro atoms. The first kappa shape index (κ1) is 10.1. The predicted octanol–water partition coefficient (Wildman–Crippen LogP) is 0.850. The Morgan fingerprint density at radius 3 is 2.77 bits per heavy atom. The van der Waals surface area contributed by atoms with Crippen LogP contribution in [0, 0.1) is 5.41 Å². The smallest absolute Gasteiger partial charge is 0.147 e. The van der Waals surface area contributed by atoms with Gasteiger partial charge < -0.3 is 10.4 Å². The lowest BCUT2D eigenvalue weighted by Gasteiger charge is -2.21. The third-order valence-electron chi connectivity index (χ3n) is 1.89. The van der Waals surface area contributed by atoms with Gasteiger partial charge in [0, 0.05) is 37.9 Å². The zero-order valence-electron chi connectivity index (χ0n) is 8.41. The lowest BCUT2D eigenvalue weighted by molar-refractivity contribution is 0.170. The zero-order valence-corrected chi connectivity index (χ0v) is 8.41. The Morgan fingerprint density at radius 1 is 1.62 bits per heavy atom. The molecule has 74 valence electrons. The summed E-state index contributed by atoms with van der Waals surface area (Å²) in [5.74, 6) is 0.851. The van der Waals surface area contributed by atoms with Crippen molar-refractivity contribution in [1.29, 1.82) is 0 Å². The summed E-state index contributed by atoms with van der Waals surface area (Å²) in [6.45, 7) is 4.90. The molecule has 0 aromatic carbocycles. The molecule has 13 heavy (non-hydrogen) atoms. The van der Waals surface area contributed by atoms with Gasteiger partial charge >= 0.3 is 0 Å². The molecule has 1 heterocycles. The summed E-state index contributed by atoms with van der Waals surface area (Å²) in [5, 5.41) is 16.3. The minimum absolute atomic E-state index is 0.0997. The van der Waals surface area contributed by atoms with Gasteiger partial charge in [0.1, 0.15) is 5.82 Å². The lowest BCUT2D eigenvalue weighted by Crippen LogP contribution is -2.26. The first-order valence-corrected chi connectivity index (χ1v) is 4.38. The standard InChI is InChI=1S/C9H17N3O/c1-9(2,7-13)6-10-8-4-5-12(3)11-8/h4-5,13H,6-7H2,1-3H3,(H,10,11). The molecule has 1 rings (SSSR count). The van der Waals surface area contributed by atoms with E-state index in [0.717, 1.165) is 12.4 Å². The molecule has 0 aliphatic rings. The number of aromatic nitrogens is 2. The van der Waals surface area contributed by atoms with Crippen molar-refractivity contribution >= 4 is 5.82 Å². The minimum Gasteiger partial charge on any atom is -0.396 e. The summed E-state index contributed by atoms with van der Waals surface area (Å²) in [4.78, 5) is 0. The van der Waals surface area contributed by atoms with Gasteiger partial charge in [0.25, 0.3) is 0 Å². The maximum Gasteiger partial charge on any atom is 0.147 e. The van der Waals surface area contributed by atoms with Crippen LogP contribution >= 0.6 is 0 Å². The highest BCUT2D eigenvalue weighted by molar-refractivity contribution is 5.32. The van der Waals surface area contributed by atoms with Crippen LogP contribution in [0.5, 0.6) is 0 Å². The van der Waals surface area contributed by atoms with E-state index in [9.17, 15) is 0 Å². The number of aliphatic hydroxyl groups excluding tert-OH is 1. The fourth-order valence-corrected chi connectivity index (χ4v) is 0.895. The number of nitrogens with one attached hydrogen (secondary N) is 1. The van der Waals surface area contributed by atoms with E-state index in [2.05, 4.69) is 10.4 Å². The summed E-state index contributed by atoms with van der Waals surface area (Å²) < 4.78 is 1.74. The van der Waals surface area contributed by atoms with Gasteiger partial charge in [0.2, 0.25) is 0 Å². The number of aryl methyl sites for hydroxylation is 1. The van der Waals surface area contributed by atoms with Gasteiger partial charge in [-0.25, -0.2) is 0 Å². The third-order valence-corrected chi connectivity index (χ3v) is 1.89. The van der Waals surface area contributed by atoms with Crippen LogP contribution < -0.4 is 5.32 Å². The van der Waals surface area contributed by atoms with Crippen LogP contribution in [0.15, 0.2) is 12.3 Å². The third kappa shape index (κ3) is 3.06. The molecule has 1 aromatic heterocycles. The van der Waals surface area contributed by atoms with Crippen molar-refractivity contribution in [3.8, 4) is 0 Å². The fourth-order valence-electron chi connectivity index (χ4n) is 0.895. The van der Waals surface area contributed by atoms with E-state index >= 15 is 0 Å². The Kier molecular flexibility index (Phi) is 2.93. The highest BCUT2D eigenvalue weighted by Crippen LogP contribution is 2.14. The molecule has 2 N–H and O–H groups in total. The molecule has 0 saturated carbocycles. The maximum absolute atomic E-state index is 9.01. The second-order valence-corrected chi connectivity index (χ2v) is 4.05. The number of hydrogen-bond donors (Lipinski definition) is 2. The number of nitrogens with zero attached hydrogens (tertiary/aromatic N) is 2. The Morgan fingerprint density at radius 2 is 2.31 bits per heavy atom. The molecular weight excluding hydrogens is 166 g/mol. The molecule has 0 saturated heterocycles. The summed E-state index contributed by atoms with van der Waals surface area (Å²) >= 11 is 0. The maximum atomic E-state index is 9.01. The van der Waals surface area contributed by atoms with Crippen molar-refractivity contribution in [2.75, 3.05) is 18.5 Å². The van der Waals surface area contributed by atoms with Gasteiger partial charge in [-0.2, -0.15) is 5.10 Å². The minimum atomic E-state index is -0.0997. The molecular formula is C9H17N3O. The highest BCUT2D eigenvalue weighted by atomic mass is 16.3. The van der Waals surface area contributed by atoms with E-state index in [4.69, 9.17) is 5.11 Å². The summed E-state index contributed by atoms with van der Waals surface area (Å²) in [7, 11) is 1.88. The molecule has 0 radical (unpaired) electrons. The monoisotopic (exact) mass is 183 g/mol. The van der Waals surface area contributed by atoms with Gasteiger partial charge in [-0.3, -0.25) is 4.68 Å². The van der Waals surface area contributed by atoms with Crippen molar-refractivity contribution in [2.24, 2.45) is 12.5 Å². The van der Waals surface area contributed by atoms with Crippen LogP contribution in [-0.4, -0.2) is 28.0 Å². The lowest BCUT2D eigenvalue weighted by atomic mass is 9.95. The van der Waals surface area contributed by atoms with E-state index in [-0.39, 0.29) is 12.0 Å². The topological polar surface area (TPSA) is 50.1 Å². The first-order chi connectivity index (χ1) is 6.03. The number of aliphatic hydroxyl groups is 1. The van der Waals surface area contributed by atoms with Crippen molar-refractivity contribution in [3.63, 3.8) is 0 Å². The number of anilines is 1. The van der Waals surface area contributed by atoms with E-state index in [1.807, 2.05) is 33.2 Å². The van der Waals surface area contributed by atoms with Crippen LogP contribution in [-0.2, 0) is 7.05 Å². The van der Waals surface area contributed by atoms with Crippen molar-refractivity contribution in [3.05, 3.63) is 12.3 Å². The molecule has 0 fully saturated rings. The second-order valence-electron chi connectivity index (χ2n) is 4.05. The Hall–Kier alpha value is -1.03. The molecule has 0 unspecified atom stereocenters. The average molecular weight is 183 g/mol. The van der Waals surface area contributed by atoms with E-state index in [1.165, 1.54) is 0 Å². The van der Waals surface area contributed by atoms with Crippen molar-refractivity contribution in [1.82, 2.24) is 9.78 Å². The molecule has 0 bridgehead atoms. The van der Waals surface area contributed by atoms with Crippen LogP contribution in [0.3, 0.4) is 0 Å². The van der Waals surface area contributed by atoms with E-state index in [1.54, 1.807) is 4.68 Å². The molecule has 0 amide bonds. The predicted molar refractivity (Wildman–Crippen MR) is 52.6 cm³/mol. The second kappa shape index (κ2) is 3.79. The SMILES string of the molecule is Cn1ccc(NCC(C)(C)CO)n1. The molecule has 0 aliphatic heterocycles. The van der Waals surface area contributed by atoms with Gasteiger partial charge in [0.05, 0.1) is 0 Å². The van der Waals surface area contributed by atoms with Crippen LogP contribution in [0.1, 0.15) is 13.8 Å². The van der Waals surface area contributed by atoms with Crippen molar-refractivity contribution in [2.45, 2.75) is 13.8 Å². The van der Waals surface area contributed by atoms with E-state index < -0.39 is 0 Å². The highest BCUT2D eigenvalue weighted by Gasteiger charge is 2.15. The Bertz CT molecular complexity index is 268. The van der Waals surface area contributed by atoms with Gasteiger partial charge in [-0.05, 0) is 0 Å². The normalized spacial score (nSPS) is 11.7. The average Bonchev–Trinajstić information content (AvgIpc) is 2.48. The van der Waals surface area contributed by atoms with Gasteiger partial charge in [-0.1, -0.05) is 13.8 Å². The summed E-state index contributed by atoms with van der Waals surface area (Å²) in [5.41, 5.74) is -0.0997. The van der Waals surface area contributed by atoms with E-state index in [0.29, 0.717) is 0 Å². The summed E-state index contributed by atoms with van der Waals surface area (Å²) in [6, 6.07) is 1.91. The van der Waals surface area contributed by atoms with Crippen LogP contribution in [0.25, 0.3) is 0 Å². The molecule has 4 nitrogen and oxygen atoms in total. The van der Waals surface area contributed by atoms with Crippen LogP contribution in [0.4, 0.5) is 5.82 Å². The summed E-state index contributed by atoms with van der Waals surface area (Å²) in [6.07, 6.45) is 1.88. The first-order valence-electron chi connectivity index (χ1n) is 4.38. The Balaban J connectivity index is 2.43. The molecule has 0 atom stereocenters. The number of hydrogen-bond acceptors (Lipinski definition) is 3. The zero-order chi connectivity index (χ0) is 9.90. The fraction of sp³-hybridized carbons (Fsp3) is 0.667. The van der Waals surface area contributed by atoms with Crippen LogP contribution in [0.2, 0.25) is 0 Å². The molecule has 1 aromatic rings. The van der Waals surface area contributed by atoms with Crippen molar-refractivity contribution < 1.29 is 5.11 Å². The van der Waals surface area contributed by atoms with Gasteiger partial charge in [0.15, 0.2) is 0 Å². The molecule has 0 aliphatic carbocycles.